The summed E-state index contributed by atoms with van der Waals surface area (Å²) in [4.78, 5) is 23.6. The van der Waals surface area contributed by atoms with Crippen LogP contribution in [0.2, 0.25) is 5.02 Å². The van der Waals surface area contributed by atoms with Crippen LogP contribution in [0, 0.1) is 12.7 Å². The van der Waals surface area contributed by atoms with E-state index >= 15 is 0 Å². The molecule has 1 aromatic carbocycles. The van der Waals surface area contributed by atoms with Crippen LogP contribution in [0.1, 0.15) is 30.5 Å². The number of alkyl halides is 3. The molecule has 0 N–H and O–H groups in total. The van der Waals surface area contributed by atoms with Crippen LogP contribution in [-0.4, -0.2) is 67.8 Å². The molecule has 1 aromatic heterocycles. The van der Waals surface area contributed by atoms with Gasteiger partial charge in [-0.05, 0) is 56.5 Å². The van der Waals surface area contributed by atoms with Crippen LogP contribution in [0.5, 0.6) is 0 Å². The predicted molar refractivity (Wildman–Crippen MR) is 130 cm³/mol. The van der Waals surface area contributed by atoms with Crippen molar-refractivity contribution < 1.29 is 27.1 Å². The number of rotatable bonds is 7. The summed E-state index contributed by atoms with van der Waals surface area (Å²) in [5, 5.41) is -0.100. The van der Waals surface area contributed by atoms with Gasteiger partial charge in [-0.25, -0.2) is 9.37 Å². The van der Waals surface area contributed by atoms with Crippen molar-refractivity contribution in [2.24, 2.45) is 0 Å². The van der Waals surface area contributed by atoms with Crippen molar-refractivity contribution in [1.29, 1.82) is 0 Å². The number of hydrogen-bond acceptors (Lipinski definition) is 5. The van der Waals surface area contributed by atoms with E-state index in [1.807, 2.05) is 0 Å². The lowest BCUT2D eigenvalue weighted by Gasteiger charge is -2.32. The van der Waals surface area contributed by atoms with E-state index in [-0.39, 0.29) is 22.4 Å². The zero-order valence-electron chi connectivity index (χ0n) is 20.0. The molecule has 11 heteroatoms. The minimum Gasteiger partial charge on any atom is -0.379 e. The summed E-state index contributed by atoms with van der Waals surface area (Å²) in [5.41, 5.74) is -0.116. The van der Waals surface area contributed by atoms with E-state index in [1.54, 1.807) is 9.80 Å². The number of anilines is 2. The summed E-state index contributed by atoms with van der Waals surface area (Å²) < 4.78 is 59.5. The lowest BCUT2D eigenvalue weighted by atomic mass is 10.1. The number of ether oxygens (including phenoxy) is 1. The van der Waals surface area contributed by atoms with E-state index in [0.29, 0.717) is 51.3 Å². The highest BCUT2D eigenvalue weighted by Crippen LogP contribution is 2.34. The highest BCUT2D eigenvalue weighted by atomic mass is 35.5. The standard InChI is InChI=1S/C25H29ClF4N4O2/c1-17-14-18(25(28,29)30)15-23(31-17)34-8-2-4-22(34)24(35)33(19-5-6-21(27)20(26)16-19)9-3-7-32-10-12-36-13-11-32/h5-6,14-16,22H,2-4,7-13H2,1H3/t22-/m0/s1. The van der Waals surface area contributed by atoms with Crippen LogP contribution >= 0.6 is 11.6 Å². The van der Waals surface area contributed by atoms with Crippen molar-refractivity contribution in [3.8, 4) is 0 Å². The Morgan fingerprint density at radius 2 is 1.94 bits per heavy atom. The van der Waals surface area contributed by atoms with Gasteiger partial charge in [0.2, 0.25) is 5.91 Å². The number of amides is 1. The Morgan fingerprint density at radius 3 is 2.64 bits per heavy atom. The molecule has 2 aliphatic heterocycles. The number of aromatic nitrogens is 1. The van der Waals surface area contributed by atoms with Gasteiger partial charge in [0.15, 0.2) is 0 Å². The van der Waals surface area contributed by atoms with Gasteiger partial charge in [-0.1, -0.05) is 11.6 Å². The average molecular weight is 529 g/mol. The third kappa shape index (κ3) is 6.27. The summed E-state index contributed by atoms with van der Waals surface area (Å²) in [5.74, 6) is -0.732. The van der Waals surface area contributed by atoms with Crippen LogP contribution in [0.25, 0.3) is 0 Å². The van der Waals surface area contributed by atoms with Crippen molar-refractivity contribution in [3.63, 3.8) is 0 Å². The number of aryl methyl sites for hydroxylation is 1. The number of pyridine rings is 1. The molecular weight excluding hydrogens is 500 g/mol. The van der Waals surface area contributed by atoms with Gasteiger partial charge in [0, 0.05) is 44.1 Å². The van der Waals surface area contributed by atoms with Gasteiger partial charge in [-0.2, -0.15) is 13.2 Å². The lowest BCUT2D eigenvalue weighted by molar-refractivity contribution is -0.137. The minimum absolute atomic E-state index is 0.100. The molecule has 0 spiro atoms. The molecule has 2 saturated heterocycles. The molecule has 1 atom stereocenters. The Balaban J connectivity index is 1.58. The summed E-state index contributed by atoms with van der Waals surface area (Å²) in [7, 11) is 0. The minimum atomic E-state index is -4.52. The number of halogens is 5. The fraction of sp³-hybridized carbons (Fsp3) is 0.520. The molecular formula is C25H29ClF4N4O2. The maximum Gasteiger partial charge on any atom is 0.416 e. The number of hydrogen-bond donors (Lipinski definition) is 0. The van der Waals surface area contributed by atoms with Gasteiger partial charge >= 0.3 is 6.18 Å². The molecule has 3 heterocycles. The Bertz CT molecular complexity index is 1080. The number of nitrogens with zero attached hydrogens (tertiary/aromatic N) is 4. The van der Waals surface area contributed by atoms with E-state index in [9.17, 15) is 22.4 Å². The van der Waals surface area contributed by atoms with Crippen LogP contribution in [0.15, 0.2) is 30.3 Å². The normalized spacial score (nSPS) is 19.1. The molecule has 0 aliphatic carbocycles. The molecule has 0 bridgehead atoms. The molecule has 2 aliphatic rings. The lowest BCUT2D eigenvalue weighted by Crippen LogP contribution is -2.47. The van der Waals surface area contributed by atoms with Crippen LogP contribution in [0.3, 0.4) is 0 Å². The summed E-state index contributed by atoms with van der Waals surface area (Å²) >= 11 is 6.02. The second-order valence-corrected chi connectivity index (χ2v) is 9.51. The van der Waals surface area contributed by atoms with Gasteiger partial charge < -0.3 is 14.5 Å². The maximum absolute atomic E-state index is 13.9. The summed E-state index contributed by atoms with van der Waals surface area (Å²) in [6.07, 6.45) is -2.74. The Morgan fingerprint density at radius 1 is 1.19 bits per heavy atom. The van der Waals surface area contributed by atoms with E-state index < -0.39 is 23.6 Å². The Hall–Kier alpha value is -2.43. The molecule has 4 rings (SSSR count). The molecule has 6 nitrogen and oxygen atoms in total. The number of carbonyl (C=O) groups excluding carboxylic acids is 1. The SMILES string of the molecule is Cc1cc(C(F)(F)F)cc(N2CCC[C@H]2C(=O)N(CCCN2CCOCC2)c2ccc(F)c(Cl)c2)n1. The predicted octanol–water partition coefficient (Wildman–Crippen LogP) is 4.93. The summed E-state index contributed by atoms with van der Waals surface area (Å²) in [6, 6.07) is 5.43. The molecule has 0 radical (unpaired) electrons. The number of benzene rings is 1. The summed E-state index contributed by atoms with van der Waals surface area (Å²) in [6.45, 7) is 5.98. The Labute approximate surface area is 212 Å². The maximum atomic E-state index is 13.9. The van der Waals surface area contributed by atoms with Gasteiger partial charge in [0.1, 0.15) is 17.7 Å². The van der Waals surface area contributed by atoms with Gasteiger partial charge in [-0.3, -0.25) is 9.69 Å². The fourth-order valence-corrected chi connectivity index (χ4v) is 4.91. The van der Waals surface area contributed by atoms with Crippen LogP contribution in [-0.2, 0) is 15.7 Å². The first-order valence-electron chi connectivity index (χ1n) is 12.0. The topological polar surface area (TPSA) is 48.9 Å². The molecule has 1 amide bonds. The molecule has 2 aromatic rings. The first-order chi connectivity index (χ1) is 17.1. The van der Waals surface area contributed by atoms with E-state index in [1.165, 1.54) is 25.1 Å². The van der Waals surface area contributed by atoms with Crippen molar-refractivity contribution in [2.45, 2.75) is 38.4 Å². The van der Waals surface area contributed by atoms with E-state index in [4.69, 9.17) is 16.3 Å². The highest BCUT2D eigenvalue weighted by molar-refractivity contribution is 6.31. The molecule has 196 valence electrons. The van der Waals surface area contributed by atoms with Crippen molar-refractivity contribution in [2.75, 3.05) is 55.7 Å². The monoisotopic (exact) mass is 528 g/mol. The quantitative estimate of drug-likeness (QED) is 0.477. The first kappa shape index (κ1) is 26.6. The molecule has 36 heavy (non-hydrogen) atoms. The van der Waals surface area contributed by atoms with Crippen molar-refractivity contribution in [1.82, 2.24) is 9.88 Å². The van der Waals surface area contributed by atoms with Crippen molar-refractivity contribution in [3.05, 3.63) is 52.4 Å². The van der Waals surface area contributed by atoms with Crippen molar-refractivity contribution >= 4 is 29.0 Å². The Kier molecular flexibility index (Phi) is 8.37. The molecule has 2 fully saturated rings. The molecule has 0 saturated carbocycles. The third-order valence-electron chi connectivity index (χ3n) is 6.54. The van der Waals surface area contributed by atoms with Gasteiger partial charge in [-0.15, -0.1) is 0 Å². The van der Waals surface area contributed by atoms with E-state index in [0.717, 1.165) is 31.8 Å². The molecule has 0 unspecified atom stereocenters. The average Bonchev–Trinajstić information content (AvgIpc) is 3.33. The zero-order valence-corrected chi connectivity index (χ0v) is 20.8. The van der Waals surface area contributed by atoms with Gasteiger partial charge in [0.05, 0.1) is 23.8 Å². The third-order valence-corrected chi connectivity index (χ3v) is 6.83. The van der Waals surface area contributed by atoms with Crippen LogP contribution < -0.4 is 9.80 Å². The second-order valence-electron chi connectivity index (χ2n) is 9.10. The number of morpholine rings is 1. The smallest absolute Gasteiger partial charge is 0.379 e. The highest BCUT2D eigenvalue weighted by Gasteiger charge is 2.37. The number of carbonyl (C=O) groups is 1. The second kappa shape index (κ2) is 11.3. The first-order valence-corrected chi connectivity index (χ1v) is 12.4. The van der Waals surface area contributed by atoms with Gasteiger partial charge in [0.25, 0.3) is 0 Å². The largest absolute Gasteiger partial charge is 0.416 e. The zero-order chi connectivity index (χ0) is 25.9. The van der Waals surface area contributed by atoms with E-state index in [2.05, 4.69) is 9.88 Å². The van der Waals surface area contributed by atoms with Crippen LogP contribution in [0.4, 0.5) is 29.1 Å². The fourth-order valence-electron chi connectivity index (χ4n) is 4.74.